The highest BCUT2D eigenvalue weighted by Crippen LogP contribution is 2.12. The summed E-state index contributed by atoms with van der Waals surface area (Å²) in [5, 5.41) is 10.1. The van der Waals surface area contributed by atoms with E-state index >= 15 is 0 Å². The second kappa shape index (κ2) is 7.94. The third-order valence-corrected chi connectivity index (χ3v) is 2.37. The van der Waals surface area contributed by atoms with Crippen LogP contribution in [0.4, 0.5) is 0 Å². The summed E-state index contributed by atoms with van der Waals surface area (Å²) in [4.78, 5) is 10.8. The first-order valence-electron chi connectivity index (χ1n) is 6.32. The minimum Gasteiger partial charge on any atom is -0.449 e. The average molecular weight is 252 g/mol. The number of hydrogen-bond donors (Lipinski definition) is 1. The third kappa shape index (κ3) is 8.83. The molecule has 0 aliphatic heterocycles. The van der Waals surface area contributed by atoms with Gasteiger partial charge in [0.2, 0.25) is 0 Å². The fourth-order valence-corrected chi connectivity index (χ4v) is 1.36. The lowest BCUT2D eigenvalue weighted by Gasteiger charge is -2.16. The number of rotatable bonds is 5. The normalized spacial score (nSPS) is 14.8. The van der Waals surface area contributed by atoms with E-state index in [1.54, 1.807) is 6.92 Å². The number of hydrogen-bond acceptors (Lipinski definition) is 3. The summed E-state index contributed by atoms with van der Waals surface area (Å²) in [6.07, 6.45) is 3.61. The van der Waals surface area contributed by atoms with Crippen molar-refractivity contribution in [1.82, 2.24) is 0 Å². The molecule has 0 fully saturated rings. The van der Waals surface area contributed by atoms with Gasteiger partial charge >= 0.3 is 5.97 Å². The molecule has 102 valence electrons. The highest BCUT2D eigenvalue weighted by molar-refractivity contribution is 5.66. The second-order valence-electron chi connectivity index (χ2n) is 4.87. The maximum Gasteiger partial charge on any atom is 0.303 e. The Labute approximate surface area is 110 Å². The Morgan fingerprint density at radius 3 is 2.50 bits per heavy atom. The van der Waals surface area contributed by atoms with Crippen molar-refractivity contribution in [1.29, 1.82) is 0 Å². The maximum atomic E-state index is 10.8. The van der Waals surface area contributed by atoms with Crippen molar-refractivity contribution in [3.8, 4) is 11.8 Å². The van der Waals surface area contributed by atoms with Gasteiger partial charge in [-0.05, 0) is 40.0 Å². The summed E-state index contributed by atoms with van der Waals surface area (Å²) in [6.45, 7) is 8.97. The molecule has 0 rings (SSSR count). The highest BCUT2D eigenvalue weighted by Gasteiger charge is 2.16. The molecule has 0 aromatic heterocycles. The summed E-state index contributed by atoms with van der Waals surface area (Å²) < 4.78 is 5.00. The van der Waals surface area contributed by atoms with Crippen molar-refractivity contribution in [3.63, 3.8) is 0 Å². The van der Waals surface area contributed by atoms with Gasteiger partial charge in [0, 0.05) is 6.92 Å². The average Bonchev–Trinajstić information content (AvgIpc) is 2.22. The molecule has 0 heterocycles. The summed E-state index contributed by atoms with van der Waals surface area (Å²) in [5.41, 5.74) is 0.185. The standard InChI is InChI=1S/C15H24O3/c1-6-14(18-13(4)16)9-11-15(5,17)10-7-8-12(2)3/h8,14,17H,6-7,10H2,1-5H3/t14-,15-/m1/s1. The van der Waals surface area contributed by atoms with Gasteiger partial charge in [-0.2, -0.15) is 0 Å². The summed E-state index contributed by atoms with van der Waals surface area (Å²) in [5.74, 6) is 5.26. The van der Waals surface area contributed by atoms with Gasteiger partial charge in [-0.25, -0.2) is 0 Å². The van der Waals surface area contributed by atoms with Gasteiger partial charge < -0.3 is 9.84 Å². The summed E-state index contributed by atoms with van der Waals surface area (Å²) in [7, 11) is 0. The van der Waals surface area contributed by atoms with Gasteiger partial charge in [0.05, 0.1) is 0 Å². The van der Waals surface area contributed by atoms with Crippen LogP contribution in [0.2, 0.25) is 0 Å². The van der Waals surface area contributed by atoms with E-state index in [4.69, 9.17) is 4.74 Å². The van der Waals surface area contributed by atoms with Crippen LogP contribution >= 0.6 is 0 Å². The first-order chi connectivity index (χ1) is 8.26. The maximum absolute atomic E-state index is 10.8. The molecule has 0 radical (unpaired) electrons. The van der Waals surface area contributed by atoms with E-state index < -0.39 is 11.7 Å². The largest absolute Gasteiger partial charge is 0.449 e. The number of ether oxygens (including phenoxy) is 1. The highest BCUT2D eigenvalue weighted by atomic mass is 16.5. The fourth-order valence-electron chi connectivity index (χ4n) is 1.36. The minimum atomic E-state index is -1.04. The molecule has 0 spiro atoms. The molecule has 0 bridgehead atoms. The minimum absolute atomic E-state index is 0.347. The van der Waals surface area contributed by atoms with Crippen LogP contribution in [-0.4, -0.2) is 22.8 Å². The molecule has 0 amide bonds. The molecule has 3 heteroatoms. The van der Waals surface area contributed by atoms with Crippen molar-refractivity contribution < 1.29 is 14.6 Å². The Hall–Kier alpha value is -1.27. The van der Waals surface area contributed by atoms with Crippen LogP contribution in [0, 0.1) is 11.8 Å². The fraction of sp³-hybridized carbons (Fsp3) is 0.667. The van der Waals surface area contributed by atoms with E-state index in [2.05, 4.69) is 17.9 Å². The lowest BCUT2D eigenvalue weighted by atomic mass is 9.99. The van der Waals surface area contributed by atoms with Gasteiger partial charge in [0.1, 0.15) is 5.60 Å². The first-order valence-corrected chi connectivity index (χ1v) is 6.32. The van der Waals surface area contributed by atoms with Crippen LogP contribution < -0.4 is 0 Å². The van der Waals surface area contributed by atoms with Crippen LogP contribution in [0.25, 0.3) is 0 Å². The first kappa shape index (κ1) is 16.7. The molecule has 0 aliphatic carbocycles. The quantitative estimate of drug-likeness (QED) is 0.465. The number of allylic oxidation sites excluding steroid dienone is 2. The molecule has 0 saturated carbocycles. The van der Waals surface area contributed by atoms with E-state index in [-0.39, 0.29) is 5.97 Å². The molecule has 3 nitrogen and oxygen atoms in total. The molecule has 0 aromatic carbocycles. The van der Waals surface area contributed by atoms with Gasteiger partial charge in [0.15, 0.2) is 6.10 Å². The van der Waals surface area contributed by atoms with Gasteiger partial charge in [-0.3, -0.25) is 4.79 Å². The van der Waals surface area contributed by atoms with Crippen molar-refractivity contribution in [2.24, 2.45) is 0 Å². The topological polar surface area (TPSA) is 46.5 Å². The van der Waals surface area contributed by atoms with Crippen LogP contribution in [0.15, 0.2) is 11.6 Å². The molecule has 0 saturated heterocycles. The van der Waals surface area contributed by atoms with Crippen LogP contribution in [0.5, 0.6) is 0 Å². The summed E-state index contributed by atoms with van der Waals surface area (Å²) >= 11 is 0. The van der Waals surface area contributed by atoms with Crippen LogP contribution in [0.3, 0.4) is 0 Å². The van der Waals surface area contributed by atoms with E-state index in [9.17, 15) is 9.90 Å². The van der Waals surface area contributed by atoms with E-state index in [1.165, 1.54) is 12.5 Å². The zero-order chi connectivity index (χ0) is 14.2. The molecule has 0 aromatic rings. The second-order valence-corrected chi connectivity index (χ2v) is 4.87. The third-order valence-electron chi connectivity index (χ3n) is 2.37. The number of aliphatic hydroxyl groups is 1. The Kier molecular flexibility index (Phi) is 7.38. The zero-order valence-corrected chi connectivity index (χ0v) is 12.0. The Morgan fingerprint density at radius 1 is 1.44 bits per heavy atom. The van der Waals surface area contributed by atoms with Crippen molar-refractivity contribution >= 4 is 5.97 Å². The smallest absolute Gasteiger partial charge is 0.303 e. The Morgan fingerprint density at radius 2 is 2.06 bits per heavy atom. The van der Waals surface area contributed by atoms with Crippen LogP contribution in [0.1, 0.15) is 53.9 Å². The van der Waals surface area contributed by atoms with Crippen LogP contribution in [-0.2, 0) is 9.53 Å². The molecule has 0 aliphatic rings. The number of carbonyl (C=O) groups is 1. The Bertz CT molecular complexity index is 352. The van der Waals surface area contributed by atoms with Gasteiger partial charge in [-0.1, -0.05) is 30.4 Å². The van der Waals surface area contributed by atoms with E-state index in [0.717, 1.165) is 6.42 Å². The monoisotopic (exact) mass is 252 g/mol. The molecule has 1 N–H and O–H groups in total. The Balaban J connectivity index is 4.45. The number of carbonyl (C=O) groups excluding carboxylic acids is 1. The molecular formula is C15H24O3. The van der Waals surface area contributed by atoms with Gasteiger partial charge in [-0.15, -0.1) is 0 Å². The van der Waals surface area contributed by atoms with Gasteiger partial charge in [0.25, 0.3) is 0 Å². The number of esters is 1. The van der Waals surface area contributed by atoms with Crippen molar-refractivity contribution in [2.75, 3.05) is 0 Å². The molecule has 18 heavy (non-hydrogen) atoms. The van der Waals surface area contributed by atoms with E-state index in [0.29, 0.717) is 12.8 Å². The summed E-state index contributed by atoms with van der Waals surface area (Å²) in [6, 6.07) is 0. The van der Waals surface area contributed by atoms with Crippen molar-refractivity contribution in [2.45, 2.75) is 65.6 Å². The predicted molar refractivity (Wildman–Crippen MR) is 72.9 cm³/mol. The lowest BCUT2D eigenvalue weighted by molar-refractivity contribution is -0.143. The molecule has 0 unspecified atom stereocenters. The van der Waals surface area contributed by atoms with Crippen molar-refractivity contribution in [3.05, 3.63) is 11.6 Å². The predicted octanol–water partition coefficient (Wildman–Crippen LogP) is 2.83. The lowest BCUT2D eigenvalue weighted by Crippen LogP contribution is -2.22. The SMILES string of the molecule is CC[C@H](C#C[C@](C)(O)CCC=C(C)C)OC(C)=O. The molecule has 2 atom stereocenters. The van der Waals surface area contributed by atoms with E-state index in [1.807, 2.05) is 20.8 Å². The zero-order valence-electron chi connectivity index (χ0n) is 12.0. The molecular weight excluding hydrogens is 228 g/mol.